The Morgan fingerprint density at radius 2 is 2.08 bits per heavy atom. The van der Waals surface area contributed by atoms with E-state index in [0.29, 0.717) is 10.8 Å². The number of thiazole rings is 1. The second-order valence-corrected chi connectivity index (χ2v) is 6.87. The summed E-state index contributed by atoms with van der Waals surface area (Å²) >= 11 is 1.27. The van der Waals surface area contributed by atoms with Gasteiger partial charge in [0.05, 0.1) is 12.2 Å². The molecule has 0 bridgehead atoms. The number of aromatic nitrogens is 1. The Labute approximate surface area is 148 Å². The number of hydrogen-bond donors (Lipinski definition) is 2. The molecule has 0 aliphatic heterocycles. The number of carbonyl (C=O) groups is 2. The minimum absolute atomic E-state index is 0.0175. The van der Waals surface area contributed by atoms with Gasteiger partial charge in [0.15, 0.2) is 5.13 Å². The van der Waals surface area contributed by atoms with Gasteiger partial charge < -0.3 is 10.4 Å². The Kier molecular flexibility index (Phi) is 5.10. The van der Waals surface area contributed by atoms with E-state index in [1.165, 1.54) is 23.5 Å². The first-order chi connectivity index (χ1) is 11.9. The SMILES string of the molecule is CC(C(=O)O)N(CC(=O)Nc1nc(-c2ccc(F)cc2)cs1)C1CC1. The molecule has 1 aliphatic carbocycles. The van der Waals surface area contributed by atoms with Gasteiger partial charge in [-0.1, -0.05) is 0 Å². The molecule has 1 saturated carbocycles. The highest BCUT2D eigenvalue weighted by molar-refractivity contribution is 7.14. The molecular weight excluding hydrogens is 345 g/mol. The van der Waals surface area contributed by atoms with Crippen LogP contribution in [0.15, 0.2) is 29.6 Å². The quantitative estimate of drug-likeness (QED) is 0.790. The minimum atomic E-state index is -0.937. The highest BCUT2D eigenvalue weighted by atomic mass is 32.1. The van der Waals surface area contributed by atoms with Gasteiger partial charge in [0.2, 0.25) is 5.91 Å². The Bertz CT molecular complexity index is 774. The van der Waals surface area contributed by atoms with E-state index in [1.54, 1.807) is 29.3 Å². The van der Waals surface area contributed by atoms with E-state index < -0.39 is 12.0 Å². The minimum Gasteiger partial charge on any atom is -0.480 e. The van der Waals surface area contributed by atoms with Crippen LogP contribution in [0.4, 0.5) is 9.52 Å². The zero-order valence-corrected chi connectivity index (χ0v) is 14.4. The summed E-state index contributed by atoms with van der Waals surface area (Å²) in [5.41, 5.74) is 1.41. The fraction of sp³-hybridized carbons (Fsp3) is 0.353. The van der Waals surface area contributed by atoms with E-state index in [-0.39, 0.29) is 24.3 Å². The molecule has 2 N–H and O–H groups in total. The van der Waals surface area contributed by atoms with E-state index in [2.05, 4.69) is 10.3 Å². The number of anilines is 1. The Morgan fingerprint density at radius 3 is 2.68 bits per heavy atom. The van der Waals surface area contributed by atoms with Crippen LogP contribution in [0, 0.1) is 5.82 Å². The average Bonchev–Trinajstić information content (AvgIpc) is 3.32. The number of carboxylic acids is 1. The summed E-state index contributed by atoms with van der Waals surface area (Å²) in [4.78, 5) is 29.5. The molecule has 0 saturated heterocycles. The summed E-state index contributed by atoms with van der Waals surface area (Å²) in [6.07, 6.45) is 1.83. The number of rotatable bonds is 7. The number of benzene rings is 1. The predicted molar refractivity (Wildman–Crippen MR) is 93.0 cm³/mol. The van der Waals surface area contributed by atoms with Crippen LogP contribution in [0.3, 0.4) is 0 Å². The van der Waals surface area contributed by atoms with E-state index >= 15 is 0 Å². The van der Waals surface area contributed by atoms with Gasteiger partial charge in [0.1, 0.15) is 11.9 Å². The molecule has 0 spiro atoms. The number of aliphatic carboxylic acids is 1. The molecule has 132 valence electrons. The van der Waals surface area contributed by atoms with Crippen molar-refractivity contribution >= 4 is 28.3 Å². The predicted octanol–water partition coefficient (Wildman–Crippen LogP) is 2.83. The average molecular weight is 363 g/mol. The number of halogens is 1. The standard InChI is InChI=1S/C17H18FN3O3S/c1-10(16(23)24)21(13-6-7-13)8-15(22)20-17-19-14(9-25-17)11-2-4-12(18)5-3-11/h2-5,9-10,13H,6-8H2,1H3,(H,23,24)(H,19,20,22). The lowest BCUT2D eigenvalue weighted by molar-refractivity contribution is -0.143. The lowest BCUT2D eigenvalue weighted by atomic mass is 10.2. The van der Waals surface area contributed by atoms with Crippen LogP contribution in [0.1, 0.15) is 19.8 Å². The van der Waals surface area contributed by atoms with Crippen LogP contribution in [-0.4, -0.2) is 45.5 Å². The van der Waals surface area contributed by atoms with Gasteiger partial charge in [0, 0.05) is 17.0 Å². The number of amides is 1. The molecule has 1 aromatic heterocycles. The summed E-state index contributed by atoms with van der Waals surface area (Å²) in [5.74, 6) is -1.55. The molecule has 1 fully saturated rings. The molecule has 1 amide bonds. The Balaban J connectivity index is 1.63. The summed E-state index contributed by atoms with van der Waals surface area (Å²) in [6, 6.07) is 5.41. The maximum atomic E-state index is 13.0. The topological polar surface area (TPSA) is 82.5 Å². The molecule has 1 atom stereocenters. The van der Waals surface area contributed by atoms with Gasteiger partial charge in [-0.05, 0) is 44.0 Å². The molecule has 1 aromatic carbocycles. The van der Waals surface area contributed by atoms with Crippen molar-refractivity contribution in [1.82, 2.24) is 9.88 Å². The van der Waals surface area contributed by atoms with E-state index in [1.807, 2.05) is 0 Å². The van der Waals surface area contributed by atoms with Crippen LogP contribution in [0.5, 0.6) is 0 Å². The van der Waals surface area contributed by atoms with Crippen LogP contribution in [-0.2, 0) is 9.59 Å². The first kappa shape index (κ1) is 17.5. The lowest BCUT2D eigenvalue weighted by Crippen LogP contribution is -2.44. The van der Waals surface area contributed by atoms with Gasteiger partial charge in [0.25, 0.3) is 0 Å². The summed E-state index contributed by atoms with van der Waals surface area (Å²) in [7, 11) is 0. The molecule has 0 radical (unpaired) electrons. The van der Waals surface area contributed by atoms with Crippen molar-refractivity contribution in [2.24, 2.45) is 0 Å². The highest BCUT2D eigenvalue weighted by Crippen LogP contribution is 2.29. The fourth-order valence-electron chi connectivity index (χ4n) is 2.54. The second-order valence-electron chi connectivity index (χ2n) is 6.01. The van der Waals surface area contributed by atoms with Crippen molar-refractivity contribution in [3.63, 3.8) is 0 Å². The molecule has 1 aliphatic rings. The summed E-state index contributed by atoms with van der Waals surface area (Å²) in [6.45, 7) is 1.60. The number of nitrogens with zero attached hydrogens (tertiary/aromatic N) is 2. The molecule has 8 heteroatoms. The fourth-order valence-corrected chi connectivity index (χ4v) is 3.28. The van der Waals surface area contributed by atoms with E-state index in [9.17, 15) is 19.1 Å². The monoisotopic (exact) mass is 363 g/mol. The van der Waals surface area contributed by atoms with Crippen LogP contribution in [0.25, 0.3) is 11.3 Å². The number of nitrogens with one attached hydrogen (secondary N) is 1. The van der Waals surface area contributed by atoms with E-state index in [4.69, 9.17) is 0 Å². The third-order valence-corrected chi connectivity index (χ3v) is 4.85. The summed E-state index contributed by atoms with van der Waals surface area (Å²) < 4.78 is 13.0. The van der Waals surface area contributed by atoms with Crippen molar-refractivity contribution in [3.05, 3.63) is 35.5 Å². The van der Waals surface area contributed by atoms with Crippen molar-refractivity contribution in [2.45, 2.75) is 31.8 Å². The van der Waals surface area contributed by atoms with Gasteiger partial charge in [-0.3, -0.25) is 14.5 Å². The highest BCUT2D eigenvalue weighted by Gasteiger charge is 2.36. The van der Waals surface area contributed by atoms with Gasteiger partial charge in [-0.15, -0.1) is 11.3 Å². The zero-order valence-electron chi connectivity index (χ0n) is 13.6. The molecule has 1 unspecified atom stereocenters. The third-order valence-electron chi connectivity index (χ3n) is 4.09. The first-order valence-electron chi connectivity index (χ1n) is 7.94. The number of hydrogen-bond acceptors (Lipinski definition) is 5. The van der Waals surface area contributed by atoms with Crippen LogP contribution < -0.4 is 5.32 Å². The van der Waals surface area contributed by atoms with Crippen LogP contribution in [0.2, 0.25) is 0 Å². The Hall–Kier alpha value is -2.32. The van der Waals surface area contributed by atoms with Gasteiger partial charge in [-0.25, -0.2) is 9.37 Å². The Morgan fingerprint density at radius 1 is 1.40 bits per heavy atom. The van der Waals surface area contributed by atoms with Crippen molar-refractivity contribution < 1.29 is 19.1 Å². The summed E-state index contributed by atoms with van der Waals surface area (Å²) in [5, 5.41) is 14.1. The number of carboxylic acid groups (broad SMARTS) is 1. The van der Waals surface area contributed by atoms with Crippen molar-refractivity contribution in [3.8, 4) is 11.3 Å². The van der Waals surface area contributed by atoms with Crippen LogP contribution >= 0.6 is 11.3 Å². The third kappa shape index (κ3) is 4.40. The molecule has 2 aromatic rings. The van der Waals surface area contributed by atoms with E-state index in [0.717, 1.165) is 18.4 Å². The maximum absolute atomic E-state index is 13.0. The number of carbonyl (C=O) groups excluding carboxylic acids is 1. The van der Waals surface area contributed by atoms with Gasteiger partial charge >= 0.3 is 5.97 Å². The van der Waals surface area contributed by atoms with Crippen molar-refractivity contribution in [2.75, 3.05) is 11.9 Å². The molecule has 6 nitrogen and oxygen atoms in total. The largest absolute Gasteiger partial charge is 0.480 e. The normalized spacial score (nSPS) is 15.2. The smallest absolute Gasteiger partial charge is 0.320 e. The molecule has 25 heavy (non-hydrogen) atoms. The molecule has 1 heterocycles. The van der Waals surface area contributed by atoms with Crippen molar-refractivity contribution in [1.29, 1.82) is 0 Å². The van der Waals surface area contributed by atoms with Gasteiger partial charge in [-0.2, -0.15) is 0 Å². The molecular formula is C17H18FN3O3S. The first-order valence-corrected chi connectivity index (χ1v) is 8.82. The maximum Gasteiger partial charge on any atom is 0.320 e. The lowest BCUT2D eigenvalue weighted by Gasteiger charge is -2.25. The zero-order chi connectivity index (χ0) is 18.0. The second kappa shape index (κ2) is 7.28. The molecule has 3 rings (SSSR count).